The molecule has 6 heteroatoms. The van der Waals surface area contributed by atoms with E-state index in [0.717, 1.165) is 25.7 Å². The number of carbonyl (C=O) groups excluding carboxylic acids is 3. The lowest BCUT2D eigenvalue weighted by Crippen LogP contribution is -2.31. The Balaban J connectivity index is 0.00000578. The Labute approximate surface area is 207 Å². The Morgan fingerprint density at radius 2 is 1.00 bits per heavy atom. The quantitative estimate of drug-likeness (QED) is 0.436. The Morgan fingerprint density at radius 3 is 1.32 bits per heavy atom. The van der Waals surface area contributed by atoms with Gasteiger partial charge in [-0.05, 0) is 55.2 Å². The van der Waals surface area contributed by atoms with E-state index in [9.17, 15) is 14.4 Å². The average molecular weight is 474 g/mol. The molecule has 1 aliphatic rings. The van der Waals surface area contributed by atoms with Crippen LogP contribution in [0.5, 0.6) is 0 Å². The predicted octanol–water partition coefficient (Wildman–Crippen LogP) is 7.08. The smallest absolute Gasteiger partial charge is 0.229 e. The van der Waals surface area contributed by atoms with Crippen LogP contribution >= 0.6 is 0 Å². The van der Waals surface area contributed by atoms with Gasteiger partial charge in [-0.1, -0.05) is 69.7 Å². The molecule has 3 N–H and O–H groups in total. The van der Waals surface area contributed by atoms with Crippen LogP contribution < -0.4 is 16.0 Å². The number of hydrogen-bond acceptors (Lipinski definition) is 3. The third kappa shape index (κ3) is 8.44. The van der Waals surface area contributed by atoms with Gasteiger partial charge in [-0.3, -0.25) is 14.4 Å². The van der Waals surface area contributed by atoms with Crippen LogP contribution in [0.2, 0.25) is 0 Å². The van der Waals surface area contributed by atoms with Crippen molar-refractivity contribution in [2.45, 2.75) is 95.4 Å². The van der Waals surface area contributed by atoms with Gasteiger partial charge in [-0.15, -0.1) is 0 Å². The van der Waals surface area contributed by atoms with E-state index in [1.165, 1.54) is 0 Å². The van der Waals surface area contributed by atoms with Gasteiger partial charge in [0.05, 0.1) is 0 Å². The van der Waals surface area contributed by atoms with E-state index in [0.29, 0.717) is 23.0 Å². The normalized spacial score (nSPS) is 19.0. The summed E-state index contributed by atoms with van der Waals surface area (Å²) in [7, 11) is 0. The predicted molar refractivity (Wildman–Crippen MR) is 143 cm³/mol. The van der Waals surface area contributed by atoms with Gasteiger partial charge in [0.1, 0.15) is 0 Å². The molecule has 0 aromatic heterocycles. The second kappa shape index (κ2) is 10.9. The third-order valence-corrected chi connectivity index (χ3v) is 6.40. The van der Waals surface area contributed by atoms with Gasteiger partial charge in [0.25, 0.3) is 0 Å². The molecular weight excluding hydrogens is 426 g/mol. The minimum atomic E-state index is -0.570. The summed E-state index contributed by atoms with van der Waals surface area (Å²) in [5, 5.41) is 8.85. The number of nitrogens with one attached hydrogen (secondary N) is 3. The topological polar surface area (TPSA) is 87.3 Å². The largest absolute Gasteiger partial charge is 0.326 e. The van der Waals surface area contributed by atoms with Gasteiger partial charge in [-0.2, -0.15) is 0 Å². The van der Waals surface area contributed by atoms with E-state index < -0.39 is 10.8 Å². The van der Waals surface area contributed by atoms with Crippen LogP contribution in [0, 0.1) is 28.1 Å². The van der Waals surface area contributed by atoms with E-state index in [-0.39, 0.29) is 36.5 Å². The second-order valence-electron chi connectivity index (χ2n) is 12.6. The summed E-state index contributed by atoms with van der Waals surface area (Å²) in [4.78, 5) is 38.1. The van der Waals surface area contributed by atoms with Gasteiger partial charge in [0, 0.05) is 33.8 Å². The van der Waals surface area contributed by atoms with Crippen molar-refractivity contribution in [3.63, 3.8) is 0 Å². The van der Waals surface area contributed by atoms with Crippen molar-refractivity contribution < 1.29 is 14.4 Å². The van der Waals surface area contributed by atoms with Crippen molar-refractivity contribution in [2.75, 3.05) is 16.0 Å². The summed E-state index contributed by atoms with van der Waals surface area (Å²) in [6.45, 7) is 17.8. The Bertz CT molecular complexity index is 831. The van der Waals surface area contributed by atoms with E-state index in [4.69, 9.17) is 0 Å². The zero-order valence-corrected chi connectivity index (χ0v) is 21.9. The molecule has 1 aliphatic carbocycles. The van der Waals surface area contributed by atoms with Crippen molar-refractivity contribution in [3.8, 4) is 0 Å². The summed E-state index contributed by atoms with van der Waals surface area (Å²) in [6, 6.07) is 5.21. The first-order valence-electron chi connectivity index (χ1n) is 12.1. The lowest BCUT2D eigenvalue weighted by Gasteiger charge is -2.36. The number of hydrogen-bond donors (Lipinski definition) is 3. The molecule has 1 fully saturated rings. The van der Waals surface area contributed by atoms with E-state index in [1.54, 1.807) is 18.2 Å². The summed E-state index contributed by atoms with van der Waals surface area (Å²) in [6.07, 6.45) is 3.86. The van der Waals surface area contributed by atoms with Gasteiger partial charge in [-0.25, -0.2) is 0 Å². The Kier molecular flexibility index (Phi) is 9.52. The minimum absolute atomic E-state index is 0. The molecule has 6 nitrogen and oxygen atoms in total. The molecule has 0 atom stereocenters. The first kappa shape index (κ1) is 29.7. The first-order chi connectivity index (χ1) is 15.0. The fourth-order valence-electron chi connectivity index (χ4n) is 3.95. The molecule has 0 saturated heterocycles. The number of anilines is 3. The molecule has 1 saturated carbocycles. The monoisotopic (exact) mass is 473 g/mol. The first-order valence-corrected chi connectivity index (χ1v) is 12.1. The zero-order chi connectivity index (χ0) is 25.2. The van der Waals surface area contributed by atoms with Crippen LogP contribution in [0.1, 0.15) is 95.4 Å². The van der Waals surface area contributed by atoms with Crippen molar-refractivity contribution in [2.24, 2.45) is 28.1 Å². The second-order valence-corrected chi connectivity index (χ2v) is 12.6. The lowest BCUT2D eigenvalue weighted by molar-refractivity contribution is -0.123. The van der Waals surface area contributed by atoms with Crippen LogP contribution in [-0.4, -0.2) is 17.7 Å². The Morgan fingerprint density at radius 1 is 0.647 bits per heavy atom. The average Bonchev–Trinajstić information content (AvgIpc) is 2.65. The van der Waals surface area contributed by atoms with Crippen LogP contribution in [0.4, 0.5) is 17.1 Å². The van der Waals surface area contributed by atoms with Gasteiger partial charge in [0.15, 0.2) is 0 Å². The van der Waals surface area contributed by atoms with Crippen molar-refractivity contribution in [3.05, 3.63) is 18.2 Å². The maximum atomic E-state index is 13.0. The number of benzene rings is 1. The van der Waals surface area contributed by atoms with Crippen LogP contribution in [0.25, 0.3) is 0 Å². The molecule has 0 aliphatic heterocycles. The highest BCUT2D eigenvalue weighted by molar-refractivity contribution is 6.00. The fraction of sp³-hybridized carbons (Fsp3) is 0.679. The maximum Gasteiger partial charge on any atom is 0.229 e. The molecule has 34 heavy (non-hydrogen) atoms. The van der Waals surface area contributed by atoms with Crippen LogP contribution in [0.15, 0.2) is 18.2 Å². The van der Waals surface area contributed by atoms with Gasteiger partial charge >= 0.3 is 0 Å². The summed E-state index contributed by atoms with van der Waals surface area (Å²) >= 11 is 0. The summed E-state index contributed by atoms with van der Waals surface area (Å²) in [5.41, 5.74) is 0.761. The zero-order valence-electron chi connectivity index (χ0n) is 21.9. The van der Waals surface area contributed by atoms with Gasteiger partial charge in [0.2, 0.25) is 17.7 Å². The molecule has 1 aromatic rings. The van der Waals surface area contributed by atoms with Gasteiger partial charge < -0.3 is 16.0 Å². The lowest BCUT2D eigenvalue weighted by atomic mass is 9.69. The third-order valence-electron chi connectivity index (χ3n) is 6.40. The molecule has 0 unspecified atom stereocenters. The highest BCUT2D eigenvalue weighted by atomic mass is 16.2. The maximum absolute atomic E-state index is 13.0. The summed E-state index contributed by atoms with van der Waals surface area (Å²) in [5.74, 6) is 0.328. The molecule has 0 heterocycles. The van der Waals surface area contributed by atoms with E-state index in [2.05, 4.69) is 36.7 Å². The van der Waals surface area contributed by atoms with Crippen LogP contribution in [0.3, 0.4) is 0 Å². The minimum Gasteiger partial charge on any atom is -0.326 e. The molecule has 192 valence electrons. The van der Waals surface area contributed by atoms with Crippen LogP contribution in [-0.2, 0) is 14.4 Å². The fourth-order valence-corrected chi connectivity index (χ4v) is 3.95. The SMILES string of the molecule is C.CC(C)(C)C(=O)Nc1cc(NC(=O)C2CCC(C(C)(C)C)CC2)cc(NC(=O)C(C)(C)C)c1. The molecule has 1 aromatic carbocycles. The Hall–Kier alpha value is -2.37. The summed E-state index contributed by atoms with van der Waals surface area (Å²) < 4.78 is 0. The standard InChI is InChI=1S/C27H43N3O3.CH4/c1-25(2,3)18-12-10-17(11-13-18)22(31)28-19-14-20(29-23(32)26(4,5)6)16-21(15-19)30-24(33)27(7,8)9;/h14-18H,10-13H2,1-9H3,(H,28,31)(H,29,32)(H,30,33);1H4. The number of amides is 3. The molecule has 0 radical (unpaired) electrons. The van der Waals surface area contributed by atoms with Crippen molar-refractivity contribution in [1.29, 1.82) is 0 Å². The molecule has 3 amide bonds. The van der Waals surface area contributed by atoms with E-state index in [1.807, 2.05) is 41.5 Å². The molecule has 2 rings (SSSR count). The molecular formula is C28H47N3O3. The van der Waals surface area contributed by atoms with Crippen molar-refractivity contribution >= 4 is 34.8 Å². The van der Waals surface area contributed by atoms with Crippen molar-refractivity contribution in [1.82, 2.24) is 0 Å². The van der Waals surface area contributed by atoms with E-state index >= 15 is 0 Å². The number of carbonyl (C=O) groups is 3. The molecule has 0 bridgehead atoms. The highest BCUT2D eigenvalue weighted by Crippen LogP contribution is 2.40. The highest BCUT2D eigenvalue weighted by Gasteiger charge is 2.32. The number of rotatable bonds is 4. The molecule has 0 spiro atoms.